The molecule has 10 heteroatoms. The van der Waals surface area contributed by atoms with Crippen LogP contribution in [0.2, 0.25) is 5.02 Å². The number of aromatic nitrogens is 4. The van der Waals surface area contributed by atoms with Gasteiger partial charge in [0.2, 0.25) is 0 Å². The van der Waals surface area contributed by atoms with Crippen molar-refractivity contribution in [3.05, 3.63) is 47.5 Å². The standard InChI is InChI=1S/C19H21ClFN5O3/c1-18(21)17(29-13(8-27)19(18,2)28)26-10-25-14-15(23-9-24-16(14)26)22-7-11-4-3-5-12(20)6-11/h3-6,9-10,13,17,27-28H,7-8H2,1-2H3,(H,22,23,24)/t13-,17+,18+,19-/m1/s1. The first-order chi connectivity index (χ1) is 13.8. The van der Waals surface area contributed by atoms with Crippen LogP contribution in [-0.2, 0) is 11.3 Å². The van der Waals surface area contributed by atoms with Gasteiger partial charge in [-0.2, -0.15) is 0 Å². The summed E-state index contributed by atoms with van der Waals surface area (Å²) in [5.74, 6) is 0.470. The van der Waals surface area contributed by atoms with Crippen LogP contribution in [0, 0.1) is 0 Å². The summed E-state index contributed by atoms with van der Waals surface area (Å²) in [4.78, 5) is 12.8. The fourth-order valence-corrected chi connectivity index (χ4v) is 3.73. The van der Waals surface area contributed by atoms with Crippen molar-refractivity contribution in [1.29, 1.82) is 0 Å². The molecule has 0 radical (unpaired) electrons. The second-order valence-electron chi connectivity index (χ2n) is 7.41. The van der Waals surface area contributed by atoms with E-state index in [1.54, 1.807) is 6.07 Å². The van der Waals surface area contributed by atoms with E-state index in [0.29, 0.717) is 28.5 Å². The monoisotopic (exact) mass is 421 g/mol. The van der Waals surface area contributed by atoms with Gasteiger partial charge in [-0.25, -0.2) is 19.3 Å². The highest BCUT2D eigenvalue weighted by atomic mass is 35.5. The van der Waals surface area contributed by atoms with Crippen molar-refractivity contribution in [3.63, 3.8) is 0 Å². The molecule has 0 bridgehead atoms. The van der Waals surface area contributed by atoms with E-state index in [9.17, 15) is 10.2 Å². The van der Waals surface area contributed by atoms with Crippen molar-refractivity contribution >= 4 is 28.6 Å². The Morgan fingerprint density at radius 1 is 1.31 bits per heavy atom. The van der Waals surface area contributed by atoms with Crippen LogP contribution in [0.15, 0.2) is 36.9 Å². The number of nitrogens with zero attached hydrogens (tertiary/aromatic N) is 4. The Hall–Kier alpha value is -2.33. The Bertz CT molecular complexity index is 1040. The number of hydrogen-bond acceptors (Lipinski definition) is 7. The van der Waals surface area contributed by atoms with Crippen LogP contribution in [0.3, 0.4) is 0 Å². The molecular formula is C19H21ClFN5O3. The number of rotatable bonds is 5. The third-order valence-electron chi connectivity index (χ3n) is 5.50. The minimum Gasteiger partial charge on any atom is -0.394 e. The van der Waals surface area contributed by atoms with E-state index in [-0.39, 0.29) is 0 Å². The Labute approximate surface area is 171 Å². The van der Waals surface area contributed by atoms with Crippen molar-refractivity contribution < 1.29 is 19.3 Å². The largest absolute Gasteiger partial charge is 0.394 e. The lowest BCUT2D eigenvalue weighted by Gasteiger charge is -2.32. The van der Waals surface area contributed by atoms with E-state index in [4.69, 9.17) is 16.3 Å². The minimum atomic E-state index is -2.19. The zero-order valence-electron chi connectivity index (χ0n) is 15.9. The predicted molar refractivity (Wildman–Crippen MR) is 105 cm³/mol. The van der Waals surface area contributed by atoms with Gasteiger partial charge in [-0.1, -0.05) is 23.7 Å². The maximum atomic E-state index is 15.5. The number of alkyl halides is 1. The van der Waals surface area contributed by atoms with Gasteiger partial charge in [-0.3, -0.25) is 4.57 Å². The Morgan fingerprint density at radius 3 is 2.79 bits per heavy atom. The summed E-state index contributed by atoms with van der Waals surface area (Å²) in [6.45, 7) is 2.48. The third kappa shape index (κ3) is 3.24. The van der Waals surface area contributed by atoms with E-state index >= 15 is 4.39 Å². The van der Waals surface area contributed by atoms with Gasteiger partial charge in [0.15, 0.2) is 28.9 Å². The topological polar surface area (TPSA) is 105 Å². The van der Waals surface area contributed by atoms with Gasteiger partial charge < -0.3 is 20.3 Å². The first-order valence-electron chi connectivity index (χ1n) is 9.09. The van der Waals surface area contributed by atoms with E-state index in [1.165, 1.54) is 31.1 Å². The molecule has 0 aliphatic carbocycles. The molecule has 2 aromatic heterocycles. The quantitative estimate of drug-likeness (QED) is 0.581. The Kier molecular flexibility index (Phi) is 4.94. The maximum absolute atomic E-state index is 15.5. The molecule has 0 unspecified atom stereocenters. The van der Waals surface area contributed by atoms with E-state index in [1.807, 2.05) is 18.2 Å². The molecule has 0 spiro atoms. The maximum Gasteiger partial charge on any atom is 0.183 e. The number of aliphatic hydroxyl groups is 2. The lowest BCUT2D eigenvalue weighted by molar-refractivity contribution is -0.0891. The van der Waals surface area contributed by atoms with Gasteiger partial charge in [0, 0.05) is 11.6 Å². The van der Waals surface area contributed by atoms with Crippen LogP contribution in [-0.4, -0.2) is 53.7 Å². The van der Waals surface area contributed by atoms with Crippen molar-refractivity contribution in [2.24, 2.45) is 0 Å². The molecule has 1 saturated heterocycles. The fraction of sp³-hybridized carbons (Fsp3) is 0.421. The summed E-state index contributed by atoms with van der Waals surface area (Å²) in [7, 11) is 0. The number of aliphatic hydroxyl groups excluding tert-OH is 1. The summed E-state index contributed by atoms with van der Waals surface area (Å²) in [6.07, 6.45) is 0.437. The van der Waals surface area contributed by atoms with E-state index < -0.39 is 30.2 Å². The van der Waals surface area contributed by atoms with Crippen molar-refractivity contribution in [2.75, 3.05) is 11.9 Å². The molecule has 0 amide bonds. The SMILES string of the molecule is C[C@]1(F)[C@@H](n2cnc3c(NCc4cccc(Cl)c4)ncnc32)O[C@H](CO)[C@@]1(C)O. The zero-order valence-corrected chi connectivity index (χ0v) is 16.6. The van der Waals surface area contributed by atoms with Crippen LogP contribution in [0.5, 0.6) is 0 Å². The molecule has 4 rings (SSSR count). The molecule has 1 aliphatic rings. The molecule has 4 atom stereocenters. The number of halogens is 2. The second kappa shape index (κ2) is 7.17. The minimum absolute atomic E-state index is 0.344. The third-order valence-corrected chi connectivity index (χ3v) is 5.73. The van der Waals surface area contributed by atoms with Crippen molar-refractivity contribution in [1.82, 2.24) is 19.5 Å². The highest BCUT2D eigenvalue weighted by Crippen LogP contribution is 2.48. The lowest BCUT2D eigenvalue weighted by atomic mass is 9.85. The fourth-order valence-electron chi connectivity index (χ4n) is 3.51. The average molecular weight is 422 g/mol. The summed E-state index contributed by atoms with van der Waals surface area (Å²) in [5, 5.41) is 23.9. The molecule has 1 aromatic carbocycles. The van der Waals surface area contributed by atoms with Crippen molar-refractivity contribution in [3.8, 4) is 0 Å². The van der Waals surface area contributed by atoms with Gasteiger partial charge in [0.05, 0.1) is 12.9 Å². The Morgan fingerprint density at radius 2 is 2.10 bits per heavy atom. The summed E-state index contributed by atoms with van der Waals surface area (Å²) < 4.78 is 22.5. The summed E-state index contributed by atoms with van der Waals surface area (Å²) >= 11 is 6.01. The number of benzene rings is 1. The number of ether oxygens (including phenoxy) is 1. The highest BCUT2D eigenvalue weighted by Gasteiger charge is 2.63. The molecule has 0 saturated carbocycles. The predicted octanol–water partition coefficient (Wildman–Crippen LogP) is 2.46. The van der Waals surface area contributed by atoms with Gasteiger partial charge >= 0.3 is 0 Å². The molecule has 3 heterocycles. The summed E-state index contributed by atoms with van der Waals surface area (Å²) in [6, 6.07) is 7.41. The van der Waals surface area contributed by atoms with Gasteiger partial charge in [0.25, 0.3) is 0 Å². The molecule has 1 aliphatic heterocycles. The normalized spacial score (nSPS) is 29.4. The number of nitrogens with one attached hydrogen (secondary N) is 1. The highest BCUT2D eigenvalue weighted by molar-refractivity contribution is 6.30. The molecule has 3 aromatic rings. The molecule has 3 N–H and O–H groups in total. The van der Waals surface area contributed by atoms with Crippen LogP contribution < -0.4 is 5.32 Å². The smallest absolute Gasteiger partial charge is 0.183 e. The molecular weight excluding hydrogens is 401 g/mol. The van der Waals surface area contributed by atoms with Gasteiger partial charge in [-0.05, 0) is 31.5 Å². The number of hydrogen-bond donors (Lipinski definition) is 3. The molecule has 29 heavy (non-hydrogen) atoms. The second-order valence-corrected chi connectivity index (χ2v) is 7.85. The first kappa shape index (κ1) is 20.0. The van der Waals surface area contributed by atoms with Crippen molar-refractivity contribution in [2.45, 2.75) is 44.0 Å². The van der Waals surface area contributed by atoms with E-state index in [2.05, 4.69) is 20.3 Å². The Balaban J connectivity index is 1.66. The molecule has 154 valence electrons. The average Bonchev–Trinajstić information content (AvgIpc) is 3.17. The van der Waals surface area contributed by atoms with Gasteiger partial charge in [-0.15, -0.1) is 0 Å². The van der Waals surface area contributed by atoms with Crippen LogP contribution in [0.25, 0.3) is 11.2 Å². The number of imidazole rings is 1. The number of anilines is 1. The van der Waals surface area contributed by atoms with E-state index in [0.717, 1.165) is 5.56 Å². The lowest BCUT2D eigenvalue weighted by Crippen LogP contribution is -2.51. The molecule has 1 fully saturated rings. The van der Waals surface area contributed by atoms with Crippen LogP contribution in [0.1, 0.15) is 25.6 Å². The first-order valence-corrected chi connectivity index (χ1v) is 9.47. The number of fused-ring (bicyclic) bond motifs is 1. The zero-order chi connectivity index (χ0) is 20.8. The van der Waals surface area contributed by atoms with Crippen LogP contribution >= 0.6 is 11.6 Å². The summed E-state index contributed by atoms with van der Waals surface area (Å²) in [5.41, 5.74) is -2.34. The van der Waals surface area contributed by atoms with Gasteiger partial charge in [0.1, 0.15) is 18.0 Å². The van der Waals surface area contributed by atoms with Crippen LogP contribution in [0.4, 0.5) is 10.2 Å². The molecule has 8 nitrogen and oxygen atoms in total.